The second-order valence-electron chi connectivity index (χ2n) is 3.85. The van der Waals surface area contributed by atoms with Crippen LogP contribution >= 0.6 is 0 Å². The van der Waals surface area contributed by atoms with E-state index in [1.54, 1.807) is 13.8 Å². The van der Waals surface area contributed by atoms with Crippen LogP contribution in [-0.2, 0) is 5.41 Å². The van der Waals surface area contributed by atoms with E-state index in [-0.39, 0.29) is 5.56 Å². The molecule has 1 aromatic carbocycles. The number of halogens is 2. The number of terminal acetylenes is 1. The number of hydrogen-bond donors (Lipinski definition) is 0. The Morgan fingerprint density at radius 3 is 2.29 bits per heavy atom. The first-order valence-electron chi connectivity index (χ1n) is 4.32. The minimum atomic E-state index is -0.779. The van der Waals surface area contributed by atoms with Crippen molar-refractivity contribution in [2.75, 3.05) is 0 Å². The fourth-order valence-corrected chi connectivity index (χ4v) is 1.20. The van der Waals surface area contributed by atoms with Gasteiger partial charge in [-0.1, -0.05) is 5.92 Å². The summed E-state index contributed by atoms with van der Waals surface area (Å²) < 4.78 is 26.6. The molecule has 0 atom stereocenters. The summed E-state index contributed by atoms with van der Waals surface area (Å²) in [7, 11) is 0. The third-order valence-electron chi connectivity index (χ3n) is 2.28. The molecular weight excluding hydrogens is 182 g/mol. The molecule has 0 fully saturated rings. The van der Waals surface area contributed by atoms with Gasteiger partial charge in [-0.25, -0.2) is 8.78 Å². The van der Waals surface area contributed by atoms with Crippen LogP contribution in [0.5, 0.6) is 0 Å². The zero-order chi connectivity index (χ0) is 10.9. The first-order chi connectivity index (χ1) is 6.38. The lowest BCUT2D eigenvalue weighted by Crippen LogP contribution is -2.16. The van der Waals surface area contributed by atoms with Gasteiger partial charge in [-0.3, -0.25) is 0 Å². The molecule has 1 rings (SSSR count). The van der Waals surface area contributed by atoms with Gasteiger partial charge >= 0.3 is 0 Å². The van der Waals surface area contributed by atoms with E-state index < -0.39 is 17.0 Å². The third kappa shape index (κ3) is 1.77. The van der Waals surface area contributed by atoms with E-state index in [0.29, 0.717) is 5.56 Å². The van der Waals surface area contributed by atoms with Crippen LogP contribution in [0, 0.1) is 30.9 Å². The van der Waals surface area contributed by atoms with Crippen LogP contribution in [0.1, 0.15) is 25.0 Å². The molecule has 74 valence electrons. The molecule has 1 aromatic rings. The molecule has 0 aromatic heterocycles. The maximum atomic E-state index is 13.5. The van der Waals surface area contributed by atoms with Gasteiger partial charge in [0, 0.05) is 5.56 Å². The van der Waals surface area contributed by atoms with Crippen molar-refractivity contribution in [2.24, 2.45) is 0 Å². The van der Waals surface area contributed by atoms with Gasteiger partial charge in [-0.15, -0.1) is 6.42 Å². The summed E-state index contributed by atoms with van der Waals surface area (Å²) in [5, 5.41) is 0. The highest BCUT2D eigenvalue weighted by Gasteiger charge is 2.22. The topological polar surface area (TPSA) is 0 Å². The van der Waals surface area contributed by atoms with Gasteiger partial charge in [-0.05, 0) is 38.5 Å². The predicted molar refractivity (Wildman–Crippen MR) is 53.0 cm³/mol. The first-order valence-corrected chi connectivity index (χ1v) is 4.32. The highest BCUT2D eigenvalue weighted by Crippen LogP contribution is 2.26. The summed E-state index contributed by atoms with van der Waals surface area (Å²) in [5.41, 5.74) is -0.263. The Labute approximate surface area is 83.0 Å². The van der Waals surface area contributed by atoms with Crippen LogP contribution in [-0.4, -0.2) is 0 Å². The van der Waals surface area contributed by atoms with Crippen molar-refractivity contribution in [1.82, 2.24) is 0 Å². The summed E-state index contributed by atoms with van der Waals surface area (Å²) in [6, 6.07) is 2.34. The maximum Gasteiger partial charge on any atom is 0.128 e. The lowest BCUT2D eigenvalue weighted by molar-refractivity contribution is 0.546. The van der Waals surface area contributed by atoms with E-state index in [0.717, 1.165) is 0 Å². The van der Waals surface area contributed by atoms with Crippen molar-refractivity contribution in [3.8, 4) is 12.3 Å². The molecule has 0 nitrogen and oxygen atoms in total. The molecule has 0 N–H and O–H groups in total. The van der Waals surface area contributed by atoms with Crippen molar-refractivity contribution >= 4 is 0 Å². The second-order valence-corrected chi connectivity index (χ2v) is 3.85. The number of aryl methyl sites for hydroxylation is 1. The largest absolute Gasteiger partial charge is 0.207 e. The van der Waals surface area contributed by atoms with Gasteiger partial charge in [0.1, 0.15) is 11.6 Å². The normalized spacial score (nSPS) is 11.1. The number of rotatable bonds is 1. The zero-order valence-electron chi connectivity index (χ0n) is 8.49. The molecule has 2 heteroatoms. The Morgan fingerprint density at radius 1 is 1.21 bits per heavy atom. The smallest absolute Gasteiger partial charge is 0.128 e. The van der Waals surface area contributed by atoms with E-state index in [1.807, 2.05) is 0 Å². The fourth-order valence-electron chi connectivity index (χ4n) is 1.20. The fraction of sp³-hybridized carbons (Fsp3) is 0.333. The molecule has 0 radical (unpaired) electrons. The van der Waals surface area contributed by atoms with Crippen molar-refractivity contribution in [2.45, 2.75) is 26.2 Å². The molecule has 0 aliphatic carbocycles. The van der Waals surface area contributed by atoms with E-state index in [4.69, 9.17) is 6.42 Å². The van der Waals surface area contributed by atoms with Gasteiger partial charge in [0.25, 0.3) is 0 Å². The lowest BCUT2D eigenvalue weighted by atomic mass is 9.85. The van der Waals surface area contributed by atoms with E-state index in [9.17, 15) is 8.78 Å². The SMILES string of the molecule is C#CC(C)(C)c1cc(F)c(C)cc1F. The Balaban J connectivity index is 3.38. The molecule has 0 bridgehead atoms. The van der Waals surface area contributed by atoms with Crippen LogP contribution in [0.4, 0.5) is 8.78 Å². The summed E-state index contributed by atoms with van der Waals surface area (Å²) >= 11 is 0. The Hall–Kier alpha value is -1.36. The molecule has 0 aliphatic heterocycles. The highest BCUT2D eigenvalue weighted by molar-refractivity contribution is 5.36. The monoisotopic (exact) mass is 194 g/mol. The molecule has 0 saturated carbocycles. The molecule has 0 aliphatic rings. The molecule has 0 amide bonds. The Morgan fingerprint density at radius 2 is 1.79 bits per heavy atom. The van der Waals surface area contributed by atoms with Gasteiger partial charge in [0.15, 0.2) is 0 Å². The highest BCUT2D eigenvalue weighted by atomic mass is 19.1. The Kier molecular flexibility index (Phi) is 2.62. The predicted octanol–water partition coefficient (Wildman–Crippen LogP) is 3.18. The quantitative estimate of drug-likeness (QED) is 0.602. The second kappa shape index (κ2) is 3.42. The standard InChI is InChI=1S/C12H12F2/c1-5-12(3,4)9-7-10(13)8(2)6-11(9)14/h1,6-7H,2-4H3. The van der Waals surface area contributed by atoms with Crippen LogP contribution in [0.3, 0.4) is 0 Å². The van der Waals surface area contributed by atoms with Crippen LogP contribution in [0.25, 0.3) is 0 Å². The molecular formula is C12H12F2. The summed E-state index contributed by atoms with van der Waals surface area (Å²) in [4.78, 5) is 0. The average molecular weight is 194 g/mol. The van der Waals surface area contributed by atoms with Crippen molar-refractivity contribution in [3.05, 3.63) is 34.9 Å². The third-order valence-corrected chi connectivity index (χ3v) is 2.28. The summed E-state index contributed by atoms with van der Waals surface area (Å²) in [6.07, 6.45) is 5.26. The van der Waals surface area contributed by atoms with E-state index in [2.05, 4.69) is 5.92 Å². The van der Waals surface area contributed by atoms with Crippen molar-refractivity contribution in [1.29, 1.82) is 0 Å². The molecule has 0 spiro atoms. The lowest BCUT2D eigenvalue weighted by Gasteiger charge is -2.19. The van der Waals surface area contributed by atoms with Crippen LogP contribution in [0.15, 0.2) is 12.1 Å². The van der Waals surface area contributed by atoms with E-state index >= 15 is 0 Å². The summed E-state index contributed by atoms with van der Waals surface area (Å²) in [5.74, 6) is 1.56. The number of hydrogen-bond acceptors (Lipinski definition) is 0. The number of benzene rings is 1. The van der Waals surface area contributed by atoms with Crippen LogP contribution in [0.2, 0.25) is 0 Å². The Bertz CT molecular complexity index is 398. The van der Waals surface area contributed by atoms with Gasteiger partial charge in [0.2, 0.25) is 0 Å². The summed E-state index contributed by atoms with van der Waals surface area (Å²) in [6.45, 7) is 4.88. The van der Waals surface area contributed by atoms with Crippen molar-refractivity contribution in [3.63, 3.8) is 0 Å². The minimum absolute atomic E-state index is 0.225. The van der Waals surface area contributed by atoms with Gasteiger partial charge in [0.05, 0.1) is 5.41 Å². The van der Waals surface area contributed by atoms with Gasteiger partial charge in [-0.2, -0.15) is 0 Å². The maximum absolute atomic E-state index is 13.5. The minimum Gasteiger partial charge on any atom is -0.207 e. The van der Waals surface area contributed by atoms with Crippen LogP contribution < -0.4 is 0 Å². The molecule has 0 heterocycles. The molecule has 0 saturated heterocycles. The van der Waals surface area contributed by atoms with E-state index in [1.165, 1.54) is 19.1 Å². The zero-order valence-corrected chi connectivity index (χ0v) is 8.49. The van der Waals surface area contributed by atoms with Crippen molar-refractivity contribution < 1.29 is 8.78 Å². The van der Waals surface area contributed by atoms with Gasteiger partial charge < -0.3 is 0 Å². The first kappa shape index (κ1) is 10.7. The average Bonchev–Trinajstić information content (AvgIpc) is 2.11. The molecule has 14 heavy (non-hydrogen) atoms. The molecule has 0 unspecified atom stereocenters.